The number of rotatable bonds is 6. The van der Waals surface area contributed by atoms with Crippen molar-refractivity contribution in [1.82, 2.24) is 20.1 Å². The van der Waals surface area contributed by atoms with E-state index in [-0.39, 0.29) is 0 Å². The molecule has 4 nitrogen and oxygen atoms in total. The standard InChI is InChI=1S/C8H15IN4/c1-13-8(11-7-12-13)6-10-5-3-2-4-9/h7,10H,2-6H2,1H3. The van der Waals surface area contributed by atoms with E-state index in [9.17, 15) is 0 Å². The topological polar surface area (TPSA) is 42.7 Å². The summed E-state index contributed by atoms with van der Waals surface area (Å²) in [6.45, 7) is 1.88. The number of unbranched alkanes of at least 4 members (excludes halogenated alkanes) is 1. The van der Waals surface area contributed by atoms with E-state index in [1.165, 1.54) is 17.3 Å². The van der Waals surface area contributed by atoms with Gasteiger partial charge in [0.05, 0.1) is 6.54 Å². The molecule has 0 spiro atoms. The lowest BCUT2D eigenvalue weighted by Gasteiger charge is -2.02. The van der Waals surface area contributed by atoms with Crippen LogP contribution in [0.25, 0.3) is 0 Å². The Bertz CT molecular complexity index is 236. The molecule has 0 bridgehead atoms. The first-order valence-electron chi connectivity index (χ1n) is 4.44. The third kappa shape index (κ3) is 4.04. The zero-order chi connectivity index (χ0) is 9.52. The summed E-state index contributed by atoms with van der Waals surface area (Å²) in [7, 11) is 1.91. The van der Waals surface area contributed by atoms with Crippen LogP contribution >= 0.6 is 22.6 Å². The molecule has 0 unspecified atom stereocenters. The number of hydrogen-bond donors (Lipinski definition) is 1. The highest BCUT2D eigenvalue weighted by Gasteiger charge is 1.97. The summed E-state index contributed by atoms with van der Waals surface area (Å²) in [6.07, 6.45) is 4.11. The molecule has 74 valence electrons. The zero-order valence-corrected chi connectivity index (χ0v) is 9.99. The third-order valence-electron chi connectivity index (χ3n) is 1.83. The summed E-state index contributed by atoms with van der Waals surface area (Å²) in [5.74, 6) is 0.995. The van der Waals surface area contributed by atoms with Gasteiger partial charge >= 0.3 is 0 Å². The third-order valence-corrected chi connectivity index (χ3v) is 2.59. The lowest BCUT2D eigenvalue weighted by molar-refractivity contribution is 0.595. The molecule has 0 saturated heterocycles. The summed E-state index contributed by atoms with van der Waals surface area (Å²) in [6, 6.07) is 0. The van der Waals surface area contributed by atoms with Crippen molar-refractivity contribution in [3.63, 3.8) is 0 Å². The van der Waals surface area contributed by atoms with E-state index in [0.29, 0.717) is 0 Å². The maximum absolute atomic E-state index is 4.12. The van der Waals surface area contributed by atoms with E-state index in [0.717, 1.165) is 18.9 Å². The molecule has 0 saturated carbocycles. The molecule has 0 radical (unpaired) electrons. The Balaban J connectivity index is 2.10. The Hall–Kier alpha value is -0.170. The maximum atomic E-state index is 4.12. The average Bonchev–Trinajstić information content (AvgIpc) is 2.52. The van der Waals surface area contributed by atoms with Crippen LogP contribution in [0.3, 0.4) is 0 Å². The van der Waals surface area contributed by atoms with Crippen LogP contribution in [0.2, 0.25) is 0 Å². The highest BCUT2D eigenvalue weighted by Crippen LogP contribution is 1.94. The number of aromatic nitrogens is 3. The monoisotopic (exact) mass is 294 g/mol. The Kier molecular flexibility index (Phi) is 5.29. The summed E-state index contributed by atoms with van der Waals surface area (Å²) in [5, 5.41) is 7.33. The fourth-order valence-corrected chi connectivity index (χ4v) is 1.56. The summed E-state index contributed by atoms with van der Waals surface area (Å²) >= 11 is 2.40. The largest absolute Gasteiger partial charge is 0.310 e. The Morgan fingerprint density at radius 2 is 2.38 bits per heavy atom. The molecular formula is C8H15IN4. The summed E-state index contributed by atoms with van der Waals surface area (Å²) in [5.41, 5.74) is 0. The lowest BCUT2D eigenvalue weighted by atomic mass is 10.3. The number of nitrogens with one attached hydrogen (secondary N) is 1. The van der Waals surface area contributed by atoms with Crippen molar-refractivity contribution < 1.29 is 0 Å². The molecule has 0 amide bonds. The predicted octanol–water partition coefficient (Wildman–Crippen LogP) is 1.12. The van der Waals surface area contributed by atoms with Gasteiger partial charge in [-0.05, 0) is 23.8 Å². The Morgan fingerprint density at radius 3 is 3.00 bits per heavy atom. The van der Waals surface area contributed by atoms with Gasteiger partial charge in [-0.1, -0.05) is 22.6 Å². The van der Waals surface area contributed by atoms with Gasteiger partial charge in [0.25, 0.3) is 0 Å². The number of aryl methyl sites for hydroxylation is 1. The number of halogens is 1. The van der Waals surface area contributed by atoms with Crippen LogP contribution in [0.5, 0.6) is 0 Å². The van der Waals surface area contributed by atoms with Crippen molar-refractivity contribution >= 4 is 22.6 Å². The van der Waals surface area contributed by atoms with Crippen LogP contribution in [0.15, 0.2) is 6.33 Å². The number of hydrogen-bond acceptors (Lipinski definition) is 3. The van der Waals surface area contributed by atoms with Gasteiger partial charge in [-0.3, -0.25) is 4.68 Å². The molecular weight excluding hydrogens is 279 g/mol. The van der Waals surface area contributed by atoms with Gasteiger partial charge in [-0.25, -0.2) is 4.98 Å². The molecule has 0 aliphatic carbocycles. The molecule has 1 N–H and O–H groups in total. The summed E-state index contributed by atoms with van der Waals surface area (Å²) < 4.78 is 3.04. The fourth-order valence-electron chi connectivity index (χ4n) is 1.02. The molecule has 0 aliphatic rings. The second-order valence-corrected chi connectivity index (χ2v) is 3.95. The van der Waals surface area contributed by atoms with Crippen molar-refractivity contribution in [2.45, 2.75) is 19.4 Å². The van der Waals surface area contributed by atoms with Crippen LogP contribution in [-0.2, 0) is 13.6 Å². The van der Waals surface area contributed by atoms with Gasteiger partial charge < -0.3 is 5.32 Å². The Labute approximate surface area is 92.3 Å². The number of nitrogens with zero attached hydrogens (tertiary/aromatic N) is 3. The van der Waals surface area contributed by atoms with E-state index < -0.39 is 0 Å². The molecule has 0 aliphatic heterocycles. The smallest absolute Gasteiger partial charge is 0.140 e. The van der Waals surface area contributed by atoms with E-state index in [1.54, 1.807) is 11.0 Å². The normalized spacial score (nSPS) is 10.6. The first kappa shape index (κ1) is 10.9. The fraction of sp³-hybridized carbons (Fsp3) is 0.750. The van der Waals surface area contributed by atoms with Gasteiger partial charge in [0.2, 0.25) is 0 Å². The van der Waals surface area contributed by atoms with E-state index in [2.05, 4.69) is 38.0 Å². The Morgan fingerprint density at radius 1 is 1.54 bits per heavy atom. The van der Waals surface area contributed by atoms with Crippen molar-refractivity contribution in [1.29, 1.82) is 0 Å². The second-order valence-electron chi connectivity index (χ2n) is 2.87. The van der Waals surface area contributed by atoms with Gasteiger partial charge in [0, 0.05) is 7.05 Å². The highest BCUT2D eigenvalue weighted by molar-refractivity contribution is 14.1. The van der Waals surface area contributed by atoms with Crippen molar-refractivity contribution in [2.24, 2.45) is 7.05 Å². The van der Waals surface area contributed by atoms with Crippen LogP contribution < -0.4 is 5.32 Å². The number of alkyl halides is 1. The maximum Gasteiger partial charge on any atom is 0.140 e. The van der Waals surface area contributed by atoms with Crippen LogP contribution in [-0.4, -0.2) is 25.7 Å². The molecule has 13 heavy (non-hydrogen) atoms. The van der Waals surface area contributed by atoms with Crippen LogP contribution in [0.1, 0.15) is 18.7 Å². The molecule has 1 rings (SSSR count). The first-order chi connectivity index (χ1) is 6.34. The average molecular weight is 294 g/mol. The van der Waals surface area contributed by atoms with Gasteiger partial charge in [0.1, 0.15) is 12.2 Å². The molecule has 0 atom stereocenters. The van der Waals surface area contributed by atoms with Gasteiger partial charge in [-0.2, -0.15) is 5.10 Å². The van der Waals surface area contributed by atoms with E-state index in [1.807, 2.05) is 7.05 Å². The molecule has 5 heteroatoms. The molecule has 0 fully saturated rings. The van der Waals surface area contributed by atoms with Crippen molar-refractivity contribution in [3.05, 3.63) is 12.2 Å². The molecule has 1 aromatic rings. The van der Waals surface area contributed by atoms with Crippen molar-refractivity contribution in [2.75, 3.05) is 11.0 Å². The van der Waals surface area contributed by atoms with E-state index >= 15 is 0 Å². The van der Waals surface area contributed by atoms with Crippen LogP contribution in [0.4, 0.5) is 0 Å². The summed E-state index contributed by atoms with van der Waals surface area (Å²) in [4.78, 5) is 4.12. The second kappa shape index (κ2) is 6.31. The minimum Gasteiger partial charge on any atom is -0.310 e. The highest BCUT2D eigenvalue weighted by atomic mass is 127. The SMILES string of the molecule is Cn1ncnc1CNCCCCI. The minimum atomic E-state index is 0.817. The first-order valence-corrected chi connectivity index (χ1v) is 5.96. The quantitative estimate of drug-likeness (QED) is 0.486. The van der Waals surface area contributed by atoms with Crippen molar-refractivity contribution in [3.8, 4) is 0 Å². The minimum absolute atomic E-state index is 0.817. The molecule has 1 aromatic heterocycles. The van der Waals surface area contributed by atoms with Crippen LogP contribution in [0, 0.1) is 0 Å². The van der Waals surface area contributed by atoms with Gasteiger partial charge in [-0.15, -0.1) is 0 Å². The van der Waals surface area contributed by atoms with E-state index in [4.69, 9.17) is 0 Å². The molecule has 0 aromatic carbocycles. The predicted molar refractivity (Wildman–Crippen MR) is 60.8 cm³/mol. The lowest BCUT2D eigenvalue weighted by Crippen LogP contribution is -2.17. The molecule has 1 heterocycles. The van der Waals surface area contributed by atoms with Gasteiger partial charge in [0.15, 0.2) is 0 Å². The zero-order valence-electron chi connectivity index (χ0n) is 7.83.